The van der Waals surface area contributed by atoms with Crippen LogP contribution in [0.1, 0.15) is 27.7 Å². The van der Waals surface area contributed by atoms with E-state index in [2.05, 4.69) is 15.9 Å². The van der Waals surface area contributed by atoms with Crippen LogP contribution in [-0.2, 0) is 14.5 Å². The van der Waals surface area contributed by atoms with Crippen molar-refractivity contribution in [2.24, 2.45) is 11.6 Å². The predicted molar refractivity (Wildman–Crippen MR) is 50.0 cm³/mol. The second kappa shape index (κ2) is 4.67. The summed E-state index contributed by atoms with van der Waals surface area (Å²) in [5, 5.41) is 0. The zero-order chi connectivity index (χ0) is 11.4. The normalized spacial score (nSPS) is 12.9. The van der Waals surface area contributed by atoms with Crippen LogP contribution in [-0.4, -0.2) is 17.2 Å². The molecule has 0 rings (SSSR count). The fourth-order valence-corrected chi connectivity index (χ4v) is 0.356. The van der Waals surface area contributed by atoms with Gasteiger partial charge in [-0.3, -0.25) is 14.5 Å². The zero-order valence-electron chi connectivity index (χ0n) is 8.88. The van der Waals surface area contributed by atoms with Gasteiger partial charge >= 0.3 is 0 Å². The third kappa shape index (κ3) is 4.49. The minimum absolute atomic E-state index is 0.585. The van der Waals surface area contributed by atoms with E-state index in [1.54, 1.807) is 13.8 Å². The molecule has 1 amide bonds. The van der Waals surface area contributed by atoms with E-state index in [0.29, 0.717) is 0 Å². The highest BCUT2D eigenvalue weighted by Crippen LogP contribution is 2.05. The molecule has 14 heavy (non-hydrogen) atoms. The van der Waals surface area contributed by atoms with Gasteiger partial charge in [-0.2, -0.15) is 0 Å². The van der Waals surface area contributed by atoms with Gasteiger partial charge < -0.3 is 5.73 Å². The largest absolute Gasteiger partial charge is 0.367 e. The Morgan fingerprint density at radius 1 is 1.29 bits per heavy atom. The summed E-state index contributed by atoms with van der Waals surface area (Å²) in [7, 11) is 0. The molecule has 0 atom stereocenters. The summed E-state index contributed by atoms with van der Waals surface area (Å²) in [6, 6.07) is 0. The molecule has 84 valence electrons. The molecular weight excluding hydrogens is 188 g/mol. The lowest BCUT2D eigenvalue weighted by molar-refractivity contribution is -0.170. The topological polar surface area (TPSA) is 112 Å². The van der Waals surface area contributed by atoms with E-state index in [4.69, 9.17) is 16.5 Å². The van der Waals surface area contributed by atoms with Crippen molar-refractivity contribution in [1.82, 2.24) is 11.0 Å². The van der Waals surface area contributed by atoms with Gasteiger partial charge in [-0.25, -0.2) is 11.3 Å². The summed E-state index contributed by atoms with van der Waals surface area (Å²) >= 11 is 0. The first-order valence-electron chi connectivity index (χ1n) is 4.09. The van der Waals surface area contributed by atoms with Crippen LogP contribution in [0.2, 0.25) is 0 Å². The van der Waals surface area contributed by atoms with Crippen LogP contribution in [0.3, 0.4) is 0 Å². The van der Waals surface area contributed by atoms with Gasteiger partial charge in [-0.05, 0) is 27.7 Å². The van der Waals surface area contributed by atoms with Crippen LogP contribution < -0.4 is 22.6 Å². The lowest BCUT2D eigenvalue weighted by Gasteiger charge is -2.27. The van der Waals surface area contributed by atoms with Crippen LogP contribution >= 0.6 is 0 Å². The monoisotopic (exact) mass is 206 g/mol. The van der Waals surface area contributed by atoms with Gasteiger partial charge in [0.1, 0.15) is 5.72 Å². The average Bonchev–Trinajstić information content (AvgIpc) is 2.03. The first-order chi connectivity index (χ1) is 6.21. The van der Waals surface area contributed by atoms with E-state index < -0.39 is 17.2 Å². The maximum absolute atomic E-state index is 10.8. The van der Waals surface area contributed by atoms with Crippen LogP contribution in [0.25, 0.3) is 0 Å². The first kappa shape index (κ1) is 13.3. The Morgan fingerprint density at radius 2 is 1.79 bits per heavy atom. The summed E-state index contributed by atoms with van der Waals surface area (Å²) in [5.74, 6) is 4.38. The minimum atomic E-state index is -1.11. The lowest BCUT2D eigenvalue weighted by Crippen LogP contribution is -2.55. The van der Waals surface area contributed by atoms with Crippen molar-refractivity contribution in [2.45, 2.75) is 39.0 Å². The number of hydrazine groups is 1. The SMILES string of the molecule is CC(C)(NNOC(C)(C)C(N)=O)ON. The summed E-state index contributed by atoms with van der Waals surface area (Å²) in [5.41, 5.74) is 8.07. The second-order valence-corrected chi connectivity index (χ2v) is 3.83. The quantitative estimate of drug-likeness (QED) is 0.324. The van der Waals surface area contributed by atoms with Crippen molar-refractivity contribution in [2.75, 3.05) is 0 Å². The number of primary amides is 1. The number of amides is 1. The summed E-state index contributed by atoms with van der Waals surface area (Å²) < 4.78 is 0. The fraction of sp³-hybridized carbons (Fsp3) is 0.857. The molecule has 0 aliphatic rings. The molecule has 0 heterocycles. The van der Waals surface area contributed by atoms with E-state index in [1.165, 1.54) is 13.8 Å². The van der Waals surface area contributed by atoms with E-state index in [9.17, 15) is 4.79 Å². The summed E-state index contributed by atoms with van der Waals surface area (Å²) in [6.45, 7) is 6.39. The Bertz CT molecular complexity index is 205. The zero-order valence-corrected chi connectivity index (χ0v) is 8.88. The Morgan fingerprint density at radius 3 is 2.14 bits per heavy atom. The maximum atomic E-state index is 10.8. The molecule has 0 aliphatic carbocycles. The molecule has 7 nitrogen and oxygen atoms in total. The van der Waals surface area contributed by atoms with Gasteiger partial charge in [0.15, 0.2) is 5.60 Å². The molecule has 6 N–H and O–H groups in total. The predicted octanol–water partition coefficient (Wildman–Crippen LogP) is -1.10. The van der Waals surface area contributed by atoms with E-state index in [0.717, 1.165) is 0 Å². The number of hydrogen-bond donors (Lipinski definition) is 4. The van der Waals surface area contributed by atoms with E-state index >= 15 is 0 Å². The smallest absolute Gasteiger partial charge is 0.251 e. The molecular formula is C7H18N4O3. The third-order valence-corrected chi connectivity index (χ3v) is 1.55. The van der Waals surface area contributed by atoms with Gasteiger partial charge in [0.2, 0.25) is 0 Å². The third-order valence-electron chi connectivity index (χ3n) is 1.55. The number of rotatable bonds is 6. The van der Waals surface area contributed by atoms with Crippen molar-refractivity contribution >= 4 is 5.91 Å². The van der Waals surface area contributed by atoms with Crippen LogP contribution in [0.15, 0.2) is 0 Å². The van der Waals surface area contributed by atoms with Crippen molar-refractivity contribution < 1.29 is 14.5 Å². The number of nitrogens with two attached hydrogens (primary N) is 2. The molecule has 0 aliphatic heterocycles. The standard InChI is InChI=1S/C7H18N4O3/c1-6(2,5(8)12)14-11-10-7(3,4)13-9/h10-11H,9H2,1-4H3,(H2,8,12). The molecule has 0 aromatic rings. The van der Waals surface area contributed by atoms with Crippen LogP contribution in [0.4, 0.5) is 0 Å². The number of hydrogen-bond acceptors (Lipinski definition) is 6. The molecule has 0 radical (unpaired) electrons. The Kier molecular flexibility index (Phi) is 4.43. The van der Waals surface area contributed by atoms with Crippen molar-refractivity contribution in [3.05, 3.63) is 0 Å². The van der Waals surface area contributed by atoms with Gasteiger partial charge in [-0.1, -0.05) is 0 Å². The van der Waals surface area contributed by atoms with E-state index in [1.807, 2.05) is 0 Å². The number of carbonyl (C=O) groups excluding carboxylic acids is 1. The van der Waals surface area contributed by atoms with Crippen molar-refractivity contribution in [3.63, 3.8) is 0 Å². The molecule has 0 unspecified atom stereocenters. The molecule has 0 saturated heterocycles. The highest BCUT2D eigenvalue weighted by molar-refractivity contribution is 5.82. The molecule has 0 bridgehead atoms. The molecule has 0 aromatic carbocycles. The Hall–Kier alpha value is -0.730. The Labute approximate surface area is 83.0 Å². The van der Waals surface area contributed by atoms with Crippen molar-refractivity contribution in [3.8, 4) is 0 Å². The minimum Gasteiger partial charge on any atom is -0.367 e. The maximum Gasteiger partial charge on any atom is 0.251 e. The lowest BCUT2D eigenvalue weighted by atomic mass is 10.1. The van der Waals surface area contributed by atoms with Gasteiger partial charge in [0.25, 0.3) is 5.91 Å². The first-order valence-corrected chi connectivity index (χ1v) is 4.09. The molecule has 0 saturated carbocycles. The van der Waals surface area contributed by atoms with Crippen LogP contribution in [0, 0.1) is 0 Å². The highest BCUT2D eigenvalue weighted by Gasteiger charge is 2.27. The Balaban J connectivity index is 3.91. The van der Waals surface area contributed by atoms with E-state index in [-0.39, 0.29) is 0 Å². The highest BCUT2D eigenvalue weighted by atomic mass is 16.7. The summed E-state index contributed by atoms with van der Waals surface area (Å²) in [6.07, 6.45) is 0. The van der Waals surface area contributed by atoms with Gasteiger partial charge in [0, 0.05) is 0 Å². The number of nitrogens with one attached hydrogen (secondary N) is 2. The second-order valence-electron chi connectivity index (χ2n) is 3.83. The van der Waals surface area contributed by atoms with Gasteiger partial charge in [0.05, 0.1) is 0 Å². The van der Waals surface area contributed by atoms with Gasteiger partial charge in [-0.15, -0.1) is 5.59 Å². The number of carbonyl (C=O) groups is 1. The van der Waals surface area contributed by atoms with Crippen molar-refractivity contribution in [1.29, 1.82) is 0 Å². The molecule has 0 fully saturated rings. The fourth-order valence-electron chi connectivity index (χ4n) is 0.356. The van der Waals surface area contributed by atoms with Crippen LogP contribution in [0.5, 0.6) is 0 Å². The summed E-state index contributed by atoms with van der Waals surface area (Å²) in [4.78, 5) is 20.3. The molecule has 0 spiro atoms. The molecule has 0 aromatic heterocycles. The average molecular weight is 206 g/mol. The molecule has 7 heteroatoms.